The van der Waals surface area contributed by atoms with Crippen LogP contribution in [0.5, 0.6) is 0 Å². The first-order valence-corrected chi connectivity index (χ1v) is 8.40. The van der Waals surface area contributed by atoms with E-state index in [1.807, 2.05) is 0 Å². The van der Waals surface area contributed by atoms with Crippen molar-refractivity contribution in [2.24, 2.45) is 16.7 Å². The second-order valence-corrected chi connectivity index (χ2v) is 6.54. The monoisotopic (exact) mass is 296 g/mol. The van der Waals surface area contributed by atoms with Gasteiger partial charge in [-0.2, -0.15) is 0 Å². The van der Waals surface area contributed by atoms with Crippen LogP contribution in [0.2, 0.25) is 0 Å². The van der Waals surface area contributed by atoms with E-state index in [4.69, 9.17) is 9.47 Å². The van der Waals surface area contributed by atoms with Crippen LogP contribution in [0.25, 0.3) is 0 Å². The average Bonchev–Trinajstić information content (AvgIpc) is 3.02. The zero-order valence-electron chi connectivity index (χ0n) is 13.6. The van der Waals surface area contributed by atoms with Crippen LogP contribution in [0.15, 0.2) is 0 Å². The van der Waals surface area contributed by atoms with Crippen molar-refractivity contribution in [1.82, 2.24) is 0 Å². The summed E-state index contributed by atoms with van der Waals surface area (Å²) in [7, 11) is 0. The van der Waals surface area contributed by atoms with Gasteiger partial charge in [0.25, 0.3) is 0 Å². The van der Waals surface area contributed by atoms with Gasteiger partial charge in [-0.25, -0.2) is 0 Å². The van der Waals surface area contributed by atoms with Gasteiger partial charge >= 0.3 is 11.9 Å². The number of ether oxygens (including phenoxy) is 2. The molecule has 0 radical (unpaired) electrons. The van der Waals surface area contributed by atoms with E-state index in [9.17, 15) is 9.59 Å². The summed E-state index contributed by atoms with van der Waals surface area (Å²) >= 11 is 0. The number of hydrogen-bond acceptors (Lipinski definition) is 4. The predicted octanol–water partition coefficient (Wildman–Crippen LogP) is 3.48. The lowest BCUT2D eigenvalue weighted by atomic mass is 9.60. The van der Waals surface area contributed by atoms with Crippen molar-refractivity contribution in [1.29, 1.82) is 0 Å². The Labute approximate surface area is 127 Å². The first-order chi connectivity index (χ1) is 10.1. The van der Waals surface area contributed by atoms with Crippen molar-refractivity contribution in [3.8, 4) is 0 Å². The fourth-order valence-electron chi connectivity index (χ4n) is 4.60. The highest BCUT2D eigenvalue weighted by Gasteiger charge is 2.70. The molecule has 2 saturated carbocycles. The number of fused-ring (bicyclic) bond motifs is 2. The quantitative estimate of drug-likeness (QED) is 0.533. The number of esters is 2. The molecule has 2 aliphatic rings. The molecule has 0 aromatic carbocycles. The maximum atomic E-state index is 12.7. The van der Waals surface area contributed by atoms with Crippen LogP contribution in [0.4, 0.5) is 0 Å². The van der Waals surface area contributed by atoms with Gasteiger partial charge in [0.15, 0.2) is 5.41 Å². The predicted molar refractivity (Wildman–Crippen MR) is 79.6 cm³/mol. The molecule has 120 valence electrons. The molecule has 0 spiro atoms. The Morgan fingerprint density at radius 3 is 2.14 bits per heavy atom. The Morgan fingerprint density at radius 1 is 1.05 bits per heavy atom. The summed E-state index contributed by atoms with van der Waals surface area (Å²) in [6.07, 6.45) is 6.73. The second-order valence-electron chi connectivity index (χ2n) is 6.54. The van der Waals surface area contributed by atoms with Crippen LogP contribution < -0.4 is 0 Å². The van der Waals surface area contributed by atoms with Crippen LogP contribution in [-0.2, 0) is 19.1 Å². The summed E-state index contributed by atoms with van der Waals surface area (Å²) in [5.74, 6) is -0.223. The molecule has 21 heavy (non-hydrogen) atoms. The molecule has 2 fully saturated rings. The molecule has 0 aromatic rings. The van der Waals surface area contributed by atoms with Crippen molar-refractivity contribution in [3.63, 3.8) is 0 Å². The van der Waals surface area contributed by atoms with Gasteiger partial charge in [0.2, 0.25) is 0 Å². The third-order valence-corrected chi connectivity index (χ3v) is 5.47. The van der Waals surface area contributed by atoms with E-state index in [0.29, 0.717) is 25.6 Å². The van der Waals surface area contributed by atoms with Crippen LogP contribution in [-0.4, -0.2) is 25.2 Å². The van der Waals surface area contributed by atoms with Crippen LogP contribution >= 0.6 is 0 Å². The number of carbonyl (C=O) groups is 2. The number of unbranched alkanes of at least 4 members (excludes halogenated alkanes) is 1. The van der Waals surface area contributed by atoms with E-state index in [2.05, 4.69) is 6.92 Å². The van der Waals surface area contributed by atoms with Crippen molar-refractivity contribution in [2.75, 3.05) is 13.2 Å². The van der Waals surface area contributed by atoms with E-state index in [1.165, 1.54) is 0 Å². The Kier molecular flexibility index (Phi) is 4.95. The van der Waals surface area contributed by atoms with E-state index < -0.39 is 5.41 Å². The van der Waals surface area contributed by atoms with Crippen molar-refractivity contribution < 1.29 is 19.1 Å². The minimum absolute atomic E-state index is 0.230. The first-order valence-electron chi connectivity index (χ1n) is 8.40. The highest BCUT2D eigenvalue weighted by Crippen LogP contribution is 2.67. The molecule has 2 rings (SSSR count). The van der Waals surface area contributed by atoms with E-state index in [1.54, 1.807) is 13.8 Å². The zero-order chi connectivity index (χ0) is 15.5. The highest BCUT2D eigenvalue weighted by atomic mass is 16.6. The van der Waals surface area contributed by atoms with Crippen molar-refractivity contribution in [2.45, 2.75) is 65.7 Å². The summed E-state index contributed by atoms with van der Waals surface area (Å²) in [6.45, 7) is 6.36. The Bertz CT molecular complexity index is 386. The van der Waals surface area contributed by atoms with Gasteiger partial charge in [-0.1, -0.05) is 19.8 Å². The minimum atomic E-state index is -1.04. The Balaban J connectivity index is 2.38. The van der Waals surface area contributed by atoms with E-state index in [-0.39, 0.29) is 17.4 Å². The molecule has 2 atom stereocenters. The smallest absolute Gasteiger partial charge is 0.324 e. The molecular formula is C17H28O4. The topological polar surface area (TPSA) is 52.6 Å². The fourth-order valence-corrected chi connectivity index (χ4v) is 4.60. The van der Waals surface area contributed by atoms with Gasteiger partial charge in [-0.3, -0.25) is 9.59 Å². The molecule has 0 aromatic heterocycles. The SMILES string of the molecule is CCCCC12CCC(C1)CC2(C(=O)OCC)C(=O)OCC. The molecular weight excluding hydrogens is 268 g/mol. The molecule has 4 heteroatoms. The number of rotatable bonds is 7. The molecule has 4 nitrogen and oxygen atoms in total. The normalized spacial score (nSPS) is 29.4. The van der Waals surface area contributed by atoms with Crippen LogP contribution in [0.3, 0.4) is 0 Å². The average molecular weight is 296 g/mol. The summed E-state index contributed by atoms with van der Waals surface area (Å²) in [4.78, 5) is 25.4. The molecule has 2 unspecified atom stereocenters. The molecule has 0 heterocycles. The highest BCUT2D eigenvalue weighted by molar-refractivity contribution is 6.01. The van der Waals surface area contributed by atoms with Gasteiger partial charge in [0, 0.05) is 0 Å². The molecule has 0 saturated heterocycles. The largest absolute Gasteiger partial charge is 0.465 e. The third-order valence-electron chi connectivity index (χ3n) is 5.47. The lowest BCUT2D eigenvalue weighted by Crippen LogP contribution is -2.52. The van der Waals surface area contributed by atoms with E-state index >= 15 is 0 Å². The first kappa shape index (κ1) is 16.3. The van der Waals surface area contributed by atoms with Crippen molar-refractivity contribution >= 4 is 11.9 Å². The van der Waals surface area contributed by atoms with Gasteiger partial charge in [-0.05, 0) is 57.3 Å². The lowest BCUT2D eigenvalue weighted by Gasteiger charge is -2.42. The molecule has 0 amide bonds. The minimum Gasteiger partial charge on any atom is -0.465 e. The summed E-state index contributed by atoms with van der Waals surface area (Å²) in [5.41, 5.74) is -1.27. The summed E-state index contributed by atoms with van der Waals surface area (Å²) in [6, 6.07) is 0. The summed E-state index contributed by atoms with van der Waals surface area (Å²) in [5, 5.41) is 0. The van der Waals surface area contributed by atoms with Crippen molar-refractivity contribution in [3.05, 3.63) is 0 Å². The molecule has 2 bridgehead atoms. The molecule has 0 aliphatic heterocycles. The number of hydrogen-bond donors (Lipinski definition) is 0. The standard InChI is InChI=1S/C17H28O4/c1-4-7-9-16-10-8-13(11-16)12-17(16,14(18)20-5-2)15(19)21-6-3/h13H,4-12H2,1-3H3. The molecule has 2 aliphatic carbocycles. The van der Waals surface area contributed by atoms with Gasteiger partial charge in [0.1, 0.15) is 0 Å². The maximum absolute atomic E-state index is 12.7. The summed E-state index contributed by atoms with van der Waals surface area (Å²) < 4.78 is 10.6. The van der Waals surface area contributed by atoms with Gasteiger partial charge in [0.05, 0.1) is 13.2 Å². The Morgan fingerprint density at radius 2 is 1.67 bits per heavy atom. The third kappa shape index (κ3) is 2.47. The van der Waals surface area contributed by atoms with E-state index in [0.717, 1.165) is 38.5 Å². The molecule has 0 N–H and O–H groups in total. The zero-order valence-corrected chi connectivity index (χ0v) is 13.6. The van der Waals surface area contributed by atoms with Gasteiger partial charge < -0.3 is 9.47 Å². The van der Waals surface area contributed by atoms with Gasteiger partial charge in [-0.15, -0.1) is 0 Å². The van der Waals surface area contributed by atoms with Crippen LogP contribution in [0.1, 0.15) is 65.7 Å². The van der Waals surface area contributed by atoms with Crippen LogP contribution in [0, 0.1) is 16.7 Å². The fraction of sp³-hybridized carbons (Fsp3) is 0.882. The number of carbonyl (C=O) groups excluding carboxylic acids is 2. The lowest BCUT2D eigenvalue weighted by molar-refractivity contribution is -0.183. The Hall–Kier alpha value is -1.06. The second kappa shape index (κ2) is 6.37. The maximum Gasteiger partial charge on any atom is 0.324 e.